The highest BCUT2D eigenvalue weighted by Crippen LogP contribution is 2.08. The van der Waals surface area contributed by atoms with Crippen molar-refractivity contribution in [2.45, 2.75) is 25.9 Å². The van der Waals surface area contributed by atoms with E-state index in [1.54, 1.807) is 12.1 Å². The number of nitrogens with one attached hydrogen (secondary N) is 1. The van der Waals surface area contributed by atoms with Gasteiger partial charge >= 0.3 is 0 Å². The van der Waals surface area contributed by atoms with Crippen molar-refractivity contribution in [2.24, 2.45) is 0 Å². The molecule has 0 fully saturated rings. The molecule has 2 rings (SSSR count). The van der Waals surface area contributed by atoms with Gasteiger partial charge in [-0.2, -0.15) is 0 Å². The van der Waals surface area contributed by atoms with Gasteiger partial charge in [0.2, 0.25) is 0 Å². The Morgan fingerprint density at radius 2 is 2.00 bits per heavy atom. The summed E-state index contributed by atoms with van der Waals surface area (Å²) in [5, 5.41) is 13.0. The van der Waals surface area contributed by atoms with E-state index >= 15 is 0 Å². The number of hydrogen-bond donors (Lipinski definition) is 2. The fraction of sp³-hybridized carbons (Fsp3) is 0.353. The summed E-state index contributed by atoms with van der Waals surface area (Å²) in [6, 6.07) is 13.3. The minimum atomic E-state index is -0.451. The third-order valence-electron chi connectivity index (χ3n) is 3.24. The fourth-order valence-electron chi connectivity index (χ4n) is 2.14. The molecule has 1 aromatic heterocycles. The van der Waals surface area contributed by atoms with Crippen LogP contribution in [0.1, 0.15) is 28.3 Å². The first-order chi connectivity index (χ1) is 10.1. The van der Waals surface area contributed by atoms with E-state index in [4.69, 9.17) is 4.42 Å². The van der Waals surface area contributed by atoms with Crippen LogP contribution >= 0.6 is 0 Å². The molecule has 2 N–H and O–H groups in total. The van der Waals surface area contributed by atoms with Crippen LogP contribution in [-0.4, -0.2) is 30.1 Å². The molecule has 0 aliphatic heterocycles. The lowest BCUT2D eigenvalue weighted by molar-refractivity contribution is 0.0951. The smallest absolute Gasteiger partial charge is 0.199 e. The lowest BCUT2D eigenvalue weighted by Crippen LogP contribution is -2.30. The number of carbonyl (C=O) groups excluding carboxylic acids is 1. The summed E-state index contributed by atoms with van der Waals surface area (Å²) in [5.41, 5.74) is 1.11. The first kappa shape index (κ1) is 15.5. The normalized spacial score (nSPS) is 12.3. The van der Waals surface area contributed by atoms with Gasteiger partial charge in [-0.05, 0) is 31.0 Å². The van der Waals surface area contributed by atoms with Gasteiger partial charge in [0.15, 0.2) is 11.5 Å². The topological polar surface area (TPSA) is 62.5 Å². The van der Waals surface area contributed by atoms with Crippen molar-refractivity contribution < 1.29 is 14.3 Å². The van der Waals surface area contributed by atoms with Gasteiger partial charge in [0.1, 0.15) is 5.76 Å². The lowest BCUT2D eigenvalue weighted by atomic mass is 10.1. The van der Waals surface area contributed by atoms with E-state index in [0.717, 1.165) is 11.3 Å². The molecule has 0 radical (unpaired) electrons. The highest BCUT2D eigenvalue weighted by Gasteiger charge is 2.10. The molecule has 1 aromatic carbocycles. The van der Waals surface area contributed by atoms with E-state index < -0.39 is 6.10 Å². The number of aliphatic hydroxyl groups is 1. The Kier molecular flexibility index (Phi) is 5.72. The summed E-state index contributed by atoms with van der Waals surface area (Å²) >= 11 is 0. The summed E-state index contributed by atoms with van der Waals surface area (Å²) < 4.78 is 5.28. The number of benzene rings is 1. The van der Waals surface area contributed by atoms with Gasteiger partial charge in [0.05, 0.1) is 6.10 Å². The van der Waals surface area contributed by atoms with Gasteiger partial charge in [0.25, 0.3) is 0 Å². The standard InChI is InChI=1S/C17H21NO3/c1-13-7-8-17(21-13)16(20)9-10-18-12-15(19)11-14-5-3-2-4-6-14/h2-8,15,18-19H,9-12H2,1H3. The fourth-order valence-corrected chi connectivity index (χ4v) is 2.14. The molecular formula is C17H21NO3. The van der Waals surface area contributed by atoms with E-state index in [1.807, 2.05) is 37.3 Å². The second kappa shape index (κ2) is 7.76. The summed E-state index contributed by atoms with van der Waals surface area (Å²) in [5.74, 6) is 1.12. The van der Waals surface area contributed by atoms with Gasteiger partial charge in [-0.15, -0.1) is 0 Å². The Morgan fingerprint density at radius 3 is 2.67 bits per heavy atom. The molecule has 0 bridgehead atoms. The monoisotopic (exact) mass is 287 g/mol. The molecule has 0 saturated heterocycles. The first-order valence-electron chi connectivity index (χ1n) is 7.17. The molecule has 0 aliphatic carbocycles. The van der Waals surface area contributed by atoms with Crippen LogP contribution in [0.5, 0.6) is 0 Å². The minimum absolute atomic E-state index is 0.0202. The van der Waals surface area contributed by atoms with Gasteiger partial charge in [-0.25, -0.2) is 0 Å². The quantitative estimate of drug-likeness (QED) is 0.578. The molecule has 0 aliphatic rings. The number of aliphatic hydroxyl groups excluding tert-OH is 1. The Bertz CT molecular complexity index is 562. The zero-order valence-corrected chi connectivity index (χ0v) is 12.2. The lowest BCUT2D eigenvalue weighted by Gasteiger charge is -2.11. The van der Waals surface area contributed by atoms with Crippen molar-refractivity contribution in [3.8, 4) is 0 Å². The second-order valence-electron chi connectivity index (χ2n) is 5.13. The minimum Gasteiger partial charge on any atom is -0.458 e. The first-order valence-corrected chi connectivity index (χ1v) is 7.17. The predicted octanol–water partition coefficient (Wildman–Crippen LogP) is 2.35. The average Bonchev–Trinajstić information content (AvgIpc) is 2.91. The van der Waals surface area contributed by atoms with E-state index in [-0.39, 0.29) is 5.78 Å². The molecular weight excluding hydrogens is 266 g/mol. The number of rotatable bonds is 8. The number of furan rings is 1. The zero-order chi connectivity index (χ0) is 15.1. The van der Waals surface area contributed by atoms with E-state index in [9.17, 15) is 9.90 Å². The summed E-state index contributed by atoms with van der Waals surface area (Å²) in [6.07, 6.45) is 0.526. The molecule has 1 unspecified atom stereocenters. The van der Waals surface area contributed by atoms with E-state index in [2.05, 4.69) is 5.32 Å². The third-order valence-corrected chi connectivity index (χ3v) is 3.24. The van der Waals surface area contributed by atoms with Gasteiger partial charge in [-0.1, -0.05) is 30.3 Å². The van der Waals surface area contributed by atoms with E-state index in [0.29, 0.717) is 31.7 Å². The maximum atomic E-state index is 11.8. The van der Waals surface area contributed by atoms with Gasteiger partial charge < -0.3 is 14.8 Å². The number of aryl methyl sites for hydroxylation is 1. The summed E-state index contributed by atoms with van der Waals surface area (Å²) in [7, 11) is 0. The SMILES string of the molecule is Cc1ccc(C(=O)CCNCC(O)Cc2ccccc2)o1. The van der Waals surface area contributed by atoms with Crippen LogP contribution in [0.15, 0.2) is 46.9 Å². The van der Waals surface area contributed by atoms with Crippen molar-refractivity contribution in [1.82, 2.24) is 5.32 Å². The molecule has 112 valence electrons. The van der Waals surface area contributed by atoms with Crippen LogP contribution in [0.2, 0.25) is 0 Å². The molecule has 4 nitrogen and oxygen atoms in total. The molecule has 0 saturated carbocycles. The van der Waals surface area contributed by atoms with Crippen LogP contribution < -0.4 is 5.32 Å². The number of Topliss-reactive ketones (excluding diaryl/α,β-unsaturated/α-hetero) is 1. The second-order valence-corrected chi connectivity index (χ2v) is 5.13. The van der Waals surface area contributed by atoms with Crippen LogP contribution in [0.4, 0.5) is 0 Å². The zero-order valence-electron chi connectivity index (χ0n) is 12.2. The third kappa shape index (κ3) is 5.17. The van der Waals surface area contributed by atoms with Crippen molar-refractivity contribution in [2.75, 3.05) is 13.1 Å². The van der Waals surface area contributed by atoms with Crippen LogP contribution in [0, 0.1) is 6.92 Å². The Morgan fingerprint density at radius 1 is 1.24 bits per heavy atom. The average molecular weight is 287 g/mol. The van der Waals surface area contributed by atoms with Gasteiger partial charge in [-0.3, -0.25) is 4.79 Å². The van der Waals surface area contributed by atoms with Crippen molar-refractivity contribution in [1.29, 1.82) is 0 Å². The summed E-state index contributed by atoms with van der Waals surface area (Å²) in [4.78, 5) is 11.8. The summed E-state index contributed by atoms with van der Waals surface area (Å²) in [6.45, 7) is 2.82. The van der Waals surface area contributed by atoms with Crippen LogP contribution in [0.25, 0.3) is 0 Å². The molecule has 2 aromatic rings. The highest BCUT2D eigenvalue weighted by atomic mass is 16.3. The number of ketones is 1. The largest absolute Gasteiger partial charge is 0.458 e. The van der Waals surface area contributed by atoms with Crippen LogP contribution in [0.3, 0.4) is 0 Å². The molecule has 4 heteroatoms. The number of carbonyl (C=O) groups is 1. The van der Waals surface area contributed by atoms with Gasteiger partial charge in [0, 0.05) is 19.5 Å². The molecule has 21 heavy (non-hydrogen) atoms. The van der Waals surface area contributed by atoms with Crippen LogP contribution in [-0.2, 0) is 6.42 Å². The Labute approximate surface area is 124 Å². The molecule has 0 spiro atoms. The molecule has 1 atom stereocenters. The highest BCUT2D eigenvalue weighted by molar-refractivity contribution is 5.93. The predicted molar refractivity (Wildman–Crippen MR) is 81.4 cm³/mol. The molecule has 0 amide bonds. The van der Waals surface area contributed by atoms with Crippen molar-refractivity contribution >= 4 is 5.78 Å². The van der Waals surface area contributed by atoms with E-state index in [1.165, 1.54) is 0 Å². The molecule has 1 heterocycles. The Balaban J connectivity index is 1.64. The van der Waals surface area contributed by atoms with Crippen molar-refractivity contribution in [3.05, 3.63) is 59.5 Å². The maximum Gasteiger partial charge on any atom is 0.199 e. The van der Waals surface area contributed by atoms with Crippen molar-refractivity contribution in [3.63, 3.8) is 0 Å². The number of hydrogen-bond acceptors (Lipinski definition) is 4. The Hall–Kier alpha value is -1.91. The maximum absolute atomic E-state index is 11.8.